The fourth-order valence-electron chi connectivity index (χ4n) is 3.65. The molecule has 32 heavy (non-hydrogen) atoms. The maximum Gasteiger partial charge on any atom is 0.267 e. The first-order valence-corrected chi connectivity index (χ1v) is 15.0. The van der Waals surface area contributed by atoms with Crippen molar-refractivity contribution in [2.24, 2.45) is 0 Å². The molecule has 0 spiro atoms. The summed E-state index contributed by atoms with van der Waals surface area (Å²) < 4.78 is 28.8. The van der Waals surface area contributed by atoms with Gasteiger partial charge in [-0.1, -0.05) is 97.3 Å². The maximum atomic E-state index is 11.9. The third-order valence-electron chi connectivity index (χ3n) is 5.74. The van der Waals surface area contributed by atoms with Crippen LogP contribution in [0.5, 0.6) is 0 Å². The topological polar surface area (TPSA) is 60.4 Å². The van der Waals surface area contributed by atoms with E-state index in [1.807, 2.05) is 0 Å². The van der Waals surface area contributed by atoms with Crippen LogP contribution >= 0.6 is 11.6 Å². The van der Waals surface area contributed by atoms with Crippen LogP contribution in [0.3, 0.4) is 0 Å². The van der Waals surface area contributed by atoms with Crippen molar-refractivity contribution in [2.45, 2.75) is 141 Å². The van der Waals surface area contributed by atoms with Crippen molar-refractivity contribution in [3.05, 3.63) is 0 Å². The van der Waals surface area contributed by atoms with Gasteiger partial charge in [-0.25, -0.2) is 0 Å². The number of Topliss-reactive ketones (excluding diaryl/α,β-unsaturated/α-hetero) is 1. The quantitative estimate of drug-likeness (QED) is 0.0570. The molecule has 4 nitrogen and oxygen atoms in total. The van der Waals surface area contributed by atoms with E-state index in [9.17, 15) is 13.2 Å². The van der Waals surface area contributed by atoms with Gasteiger partial charge < -0.3 is 0 Å². The van der Waals surface area contributed by atoms with E-state index in [0.717, 1.165) is 57.8 Å². The first-order chi connectivity index (χ1) is 14.9. The van der Waals surface area contributed by atoms with E-state index in [-0.39, 0.29) is 75.9 Å². The van der Waals surface area contributed by atoms with Crippen LogP contribution in [0, 0.1) is 0 Å². The van der Waals surface area contributed by atoms with E-state index in [1.165, 1.54) is 51.4 Å². The van der Waals surface area contributed by atoms with Gasteiger partial charge in [0.25, 0.3) is 10.1 Å². The van der Waals surface area contributed by atoms with Crippen LogP contribution in [0.2, 0.25) is 0 Å². The third-order valence-corrected chi connectivity index (χ3v) is 7.40. The van der Waals surface area contributed by atoms with Crippen LogP contribution in [0.4, 0.5) is 0 Å². The molecule has 1 unspecified atom stereocenters. The Labute approximate surface area is 247 Å². The largest absolute Gasteiger partial charge is 0.300 e. The van der Waals surface area contributed by atoms with Crippen LogP contribution in [0.1, 0.15) is 136 Å². The van der Waals surface area contributed by atoms with Crippen LogP contribution in [-0.4, -0.2) is 83.3 Å². The van der Waals surface area contributed by atoms with Crippen LogP contribution in [-0.2, 0) is 19.1 Å². The molecule has 0 N–H and O–H groups in total. The number of halogens is 1. The number of alkyl halides is 1. The molecule has 0 saturated heterocycles. The summed E-state index contributed by atoms with van der Waals surface area (Å²) in [5.74, 6) is -0.156. The second kappa shape index (κ2) is 25.6. The maximum absolute atomic E-state index is 11.9. The van der Waals surface area contributed by atoms with Crippen molar-refractivity contribution < 1.29 is 17.4 Å². The molecule has 0 fully saturated rings. The molecule has 1 radical (unpaired) electrons. The van der Waals surface area contributed by atoms with E-state index < -0.39 is 10.1 Å². The zero-order valence-electron chi connectivity index (χ0n) is 21.3. The molecule has 0 heterocycles. The van der Waals surface area contributed by atoms with Crippen LogP contribution in [0.15, 0.2) is 0 Å². The monoisotopic (exact) mass is 519 g/mol. The SMILES string of the molecule is CCCCCCCC(Cl)CCCCCCCCOS(=O)(=O)CCC(=O)CCCCCC.[K]. The Morgan fingerprint density at radius 2 is 1.19 bits per heavy atom. The van der Waals surface area contributed by atoms with Crippen molar-refractivity contribution in [2.75, 3.05) is 12.4 Å². The van der Waals surface area contributed by atoms with Gasteiger partial charge in [0, 0.05) is 69.6 Å². The first-order valence-electron chi connectivity index (χ1n) is 12.9. The Morgan fingerprint density at radius 1 is 0.719 bits per heavy atom. The molecule has 0 aromatic heterocycles. The average Bonchev–Trinajstić information content (AvgIpc) is 2.74. The summed E-state index contributed by atoms with van der Waals surface area (Å²) in [7, 11) is -3.57. The number of hydrogen-bond acceptors (Lipinski definition) is 4. The summed E-state index contributed by atoms with van der Waals surface area (Å²) >= 11 is 6.41. The van der Waals surface area contributed by atoms with E-state index in [4.69, 9.17) is 15.8 Å². The standard InChI is InChI=1S/C25H49ClO4S.K/c1-3-5-7-11-14-18-24(26)19-15-12-9-10-13-17-22-30-31(28,29)23-21-25(27)20-16-8-6-4-2;/h24H,3-23H2,1-2H3;. The molecular formula is C25H49ClKO4S. The van der Waals surface area contributed by atoms with Gasteiger partial charge in [0.2, 0.25) is 0 Å². The molecule has 0 aliphatic carbocycles. The van der Waals surface area contributed by atoms with Crippen molar-refractivity contribution in [1.82, 2.24) is 0 Å². The molecule has 0 saturated carbocycles. The molecule has 1 atom stereocenters. The molecule has 187 valence electrons. The number of rotatable bonds is 24. The smallest absolute Gasteiger partial charge is 0.267 e. The minimum atomic E-state index is -3.57. The summed E-state index contributed by atoms with van der Waals surface area (Å²) in [4.78, 5) is 11.8. The summed E-state index contributed by atoms with van der Waals surface area (Å²) in [6.07, 6.45) is 19.9. The third kappa shape index (κ3) is 26.1. The number of ketones is 1. The number of unbranched alkanes of at least 4 members (excludes halogenated alkanes) is 12. The summed E-state index contributed by atoms with van der Waals surface area (Å²) in [5.41, 5.74) is 0. The predicted octanol–water partition coefficient (Wildman–Crippen LogP) is 7.58. The van der Waals surface area contributed by atoms with Gasteiger partial charge in [-0.3, -0.25) is 8.98 Å². The Kier molecular flexibility index (Phi) is 28.5. The number of hydrogen-bond donors (Lipinski definition) is 0. The van der Waals surface area contributed by atoms with Gasteiger partial charge in [-0.2, -0.15) is 8.42 Å². The Hall–Kier alpha value is 1.51. The zero-order chi connectivity index (χ0) is 23.2. The second-order valence-corrected chi connectivity index (χ2v) is 11.3. The number of carbonyl (C=O) groups is 1. The number of carbonyl (C=O) groups excluding carboxylic acids is 1. The molecule has 0 rings (SSSR count). The van der Waals surface area contributed by atoms with Gasteiger partial charge >= 0.3 is 0 Å². The normalized spacial score (nSPS) is 12.5. The molecule has 0 bridgehead atoms. The minimum absolute atomic E-state index is 0. The second-order valence-electron chi connectivity index (χ2n) is 8.89. The van der Waals surface area contributed by atoms with Crippen molar-refractivity contribution in [3.63, 3.8) is 0 Å². The Morgan fingerprint density at radius 3 is 1.75 bits per heavy atom. The predicted molar refractivity (Wildman–Crippen MR) is 139 cm³/mol. The zero-order valence-corrected chi connectivity index (χ0v) is 26.0. The van der Waals surface area contributed by atoms with E-state index in [1.54, 1.807) is 0 Å². The van der Waals surface area contributed by atoms with Crippen molar-refractivity contribution in [3.8, 4) is 0 Å². The van der Waals surface area contributed by atoms with Crippen LogP contribution in [0.25, 0.3) is 0 Å². The molecule has 0 aromatic rings. The average molecular weight is 520 g/mol. The molecule has 7 heteroatoms. The Balaban J connectivity index is 0. The summed E-state index contributed by atoms with van der Waals surface area (Å²) in [6, 6.07) is 0. The van der Waals surface area contributed by atoms with Crippen LogP contribution < -0.4 is 0 Å². The molecule has 0 aliphatic heterocycles. The fraction of sp³-hybridized carbons (Fsp3) is 0.960. The van der Waals surface area contributed by atoms with Gasteiger partial charge in [-0.05, 0) is 25.7 Å². The van der Waals surface area contributed by atoms with Crippen molar-refractivity contribution in [1.29, 1.82) is 0 Å². The van der Waals surface area contributed by atoms with Gasteiger partial charge in [-0.15, -0.1) is 11.6 Å². The Bertz CT molecular complexity index is 514. The summed E-state index contributed by atoms with van der Waals surface area (Å²) in [5, 5.41) is 0.323. The van der Waals surface area contributed by atoms with E-state index in [2.05, 4.69) is 13.8 Å². The van der Waals surface area contributed by atoms with Crippen molar-refractivity contribution >= 4 is 78.9 Å². The fourth-order valence-corrected chi connectivity index (χ4v) is 4.92. The van der Waals surface area contributed by atoms with E-state index in [0.29, 0.717) is 11.8 Å². The minimum Gasteiger partial charge on any atom is -0.300 e. The summed E-state index contributed by atoms with van der Waals surface area (Å²) in [6.45, 7) is 4.59. The molecule has 0 amide bonds. The molecule has 0 aromatic carbocycles. The molecule has 0 aliphatic rings. The van der Waals surface area contributed by atoms with E-state index >= 15 is 0 Å². The first kappa shape index (κ1) is 35.7. The van der Waals surface area contributed by atoms with Gasteiger partial charge in [0.15, 0.2) is 0 Å². The van der Waals surface area contributed by atoms with Gasteiger partial charge in [0.1, 0.15) is 5.78 Å². The molecular weight excluding hydrogens is 471 g/mol. The van der Waals surface area contributed by atoms with Gasteiger partial charge in [0.05, 0.1) is 12.4 Å².